The molecule has 0 atom stereocenters. The first-order chi connectivity index (χ1) is 15.2. The van der Waals surface area contributed by atoms with Crippen molar-refractivity contribution in [3.63, 3.8) is 0 Å². The number of nitrogen functional groups attached to an aromatic ring is 1. The molecule has 3 heterocycles. The first kappa shape index (κ1) is 20.4. The van der Waals surface area contributed by atoms with Gasteiger partial charge < -0.3 is 25.5 Å². The largest absolute Gasteiger partial charge is 0.416 e. The van der Waals surface area contributed by atoms with E-state index in [4.69, 9.17) is 5.73 Å². The Hall–Kier alpha value is -3.53. The van der Waals surface area contributed by atoms with Crippen LogP contribution in [0.1, 0.15) is 5.56 Å². The van der Waals surface area contributed by atoms with Crippen LogP contribution in [-0.4, -0.2) is 53.1 Å². The summed E-state index contributed by atoms with van der Waals surface area (Å²) in [5, 5.41) is 0.325. The number of imidazole rings is 1. The van der Waals surface area contributed by atoms with Crippen molar-refractivity contribution >= 4 is 33.3 Å². The number of hydrogen-bond donors (Lipinski definition) is 3. The lowest BCUT2D eigenvalue weighted by atomic mass is 10.1. The van der Waals surface area contributed by atoms with Crippen LogP contribution >= 0.6 is 0 Å². The van der Waals surface area contributed by atoms with Gasteiger partial charge in [-0.25, -0.2) is 4.98 Å². The van der Waals surface area contributed by atoms with Crippen molar-refractivity contribution < 1.29 is 13.2 Å². The van der Waals surface area contributed by atoms with Gasteiger partial charge in [0.1, 0.15) is 11.4 Å². The molecule has 0 saturated carbocycles. The maximum absolute atomic E-state index is 13.0. The van der Waals surface area contributed by atoms with Crippen LogP contribution in [0.2, 0.25) is 0 Å². The SMILES string of the molecule is CN1CCN(c2ccc3nc(-c4c(N)c5ccc(C(F)(F)F)cc5[nH]c4=O)[nH]c3c2)CC1. The van der Waals surface area contributed by atoms with Gasteiger partial charge in [0, 0.05) is 37.3 Å². The minimum absolute atomic E-state index is 0.0274. The lowest BCUT2D eigenvalue weighted by molar-refractivity contribution is -0.137. The third-order valence-electron chi connectivity index (χ3n) is 5.95. The second-order valence-electron chi connectivity index (χ2n) is 8.08. The van der Waals surface area contributed by atoms with Gasteiger partial charge in [0.25, 0.3) is 5.56 Å². The van der Waals surface area contributed by atoms with Crippen molar-refractivity contribution in [3.05, 3.63) is 52.3 Å². The number of nitrogens with zero attached hydrogens (tertiary/aromatic N) is 3. The average molecular weight is 442 g/mol. The third kappa shape index (κ3) is 3.46. The van der Waals surface area contributed by atoms with Crippen LogP contribution in [0.5, 0.6) is 0 Å². The van der Waals surface area contributed by atoms with Gasteiger partial charge in [-0.3, -0.25) is 4.79 Å². The summed E-state index contributed by atoms with van der Waals surface area (Å²) in [7, 11) is 2.09. The zero-order valence-electron chi connectivity index (χ0n) is 17.3. The van der Waals surface area contributed by atoms with Gasteiger partial charge in [0.05, 0.1) is 27.8 Å². The Morgan fingerprint density at radius 3 is 2.47 bits per heavy atom. The van der Waals surface area contributed by atoms with Gasteiger partial charge in [-0.1, -0.05) is 6.07 Å². The number of piperazine rings is 1. The Bertz CT molecular complexity index is 1380. The molecular weight excluding hydrogens is 421 g/mol. The molecule has 4 aromatic rings. The molecule has 1 saturated heterocycles. The van der Waals surface area contributed by atoms with E-state index in [2.05, 4.69) is 31.8 Å². The van der Waals surface area contributed by atoms with Crippen LogP contribution in [0.15, 0.2) is 41.2 Å². The highest BCUT2D eigenvalue weighted by atomic mass is 19.4. The van der Waals surface area contributed by atoms with E-state index in [9.17, 15) is 18.0 Å². The molecule has 0 bridgehead atoms. The van der Waals surface area contributed by atoms with E-state index < -0.39 is 17.3 Å². The van der Waals surface area contributed by atoms with Crippen molar-refractivity contribution in [3.8, 4) is 11.4 Å². The van der Waals surface area contributed by atoms with E-state index in [1.807, 2.05) is 18.2 Å². The number of pyridine rings is 1. The van der Waals surface area contributed by atoms with Gasteiger partial charge in [-0.2, -0.15) is 13.2 Å². The molecule has 1 fully saturated rings. The molecule has 0 amide bonds. The minimum Gasteiger partial charge on any atom is -0.397 e. The zero-order valence-corrected chi connectivity index (χ0v) is 17.3. The lowest BCUT2D eigenvalue weighted by Gasteiger charge is -2.34. The van der Waals surface area contributed by atoms with E-state index in [-0.39, 0.29) is 22.6 Å². The molecule has 0 unspecified atom stereocenters. The molecular formula is C22H21F3N6O. The van der Waals surface area contributed by atoms with Crippen LogP contribution < -0.4 is 16.2 Å². The van der Waals surface area contributed by atoms with Crippen LogP contribution in [0.4, 0.5) is 24.5 Å². The van der Waals surface area contributed by atoms with Crippen LogP contribution in [0.3, 0.4) is 0 Å². The number of fused-ring (bicyclic) bond motifs is 2. The molecule has 5 rings (SSSR count). The van der Waals surface area contributed by atoms with E-state index in [0.29, 0.717) is 10.9 Å². The van der Waals surface area contributed by atoms with Crippen molar-refractivity contribution in [2.75, 3.05) is 43.9 Å². The fraction of sp³-hybridized carbons (Fsp3) is 0.273. The molecule has 1 aliphatic heterocycles. The molecule has 0 aliphatic carbocycles. The summed E-state index contributed by atoms with van der Waals surface area (Å²) in [6.45, 7) is 3.79. The van der Waals surface area contributed by atoms with E-state index in [1.165, 1.54) is 6.07 Å². The van der Waals surface area contributed by atoms with Gasteiger partial charge >= 0.3 is 6.18 Å². The highest BCUT2D eigenvalue weighted by Crippen LogP contribution is 2.34. The number of halogens is 3. The first-order valence-corrected chi connectivity index (χ1v) is 10.2. The van der Waals surface area contributed by atoms with E-state index in [0.717, 1.165) is 49.5 Å². The molecule has 10 heteroatoms. The summed E-state index contributed by atoms with van der Waals surface area (Å²) in [6.07, 6.45) is -4.52. The summed E-state index contributed by atoms with van der Waals surface area (Å²) >= 11 is 0. The highest BCUT2D eigenvalue weighted by Gasteiger charge is 2.31. The molecule has 32 heavy (non-hydrogen) atoms. The molecule has 166 valence electrons. The summed E-state index contributed by atoms with van der Waals surface area (Å²) in [6, 6.07) is 8.95. The number of benzene rings is 2. The van der Waals surface area contributed by atoms with Crippen molar-refractivity contribution in [1.29, 1.82) is 0 Å². The van der Waals surface area contributed by atoms with E-state index in [1.54, 1.807) is 0 Å². The van der Waals surface area contributed by atoms with Crippen molar-refractivity contribution in [1.82, 2.24) is 19.9 Å². The summed E-state index contributed by atoms with van der Waals surface area (Å²) in [4.78, 5) is 27.5. The Labute approximate surface area is 180 Å². The summed E-state index contributed by atoms with van der Waals surface area (Å²) in [5.41, 5.74) is 7.45. The van der Waals surface area contributed by atoms with Gasteiger partial charge in [-0.15, -0.1) is 0 Å². The number of rotatable bonds is 2. The number of likely N-dealkylation sites (N-methyl/N-ethyl adjacent to an activating group) is 1. The molecule has 4 N–H and O–H groups in total. The highest BCUT2D eigenvalue weighted by molar-refractivity contribution is 5.98. The lowest BCUT2D eigenvalue weighted by Crippen LogP contribution is -2.44. The average Bonchev–Trinajstić information content (AvgIpc) is 3.16. The fourth-order valence-corrected chi connectivity index (χ4v) is 4.11. The Kier molecular flexibility index (Phi) is 4.63. The first-order valence-electron chi connectivity index (χ1n) is 10.2. The number of hydrogen-bond acceptors (Lipinski definition) is 5. The summed E-state index contributed by atoms with van der Waals surface area (Å²) in [5.74, 6) is 0.274. The molecule has 1 aliphatic rings. The quantitative estimate of drug-likeness (QED) is 0.442. The second-order valence-corrected chi connectivity index (χ2v) is 8.08. The monoisotopic (exact) mass is 442 g/mol. The maximum Gasteiger partial charge on any atom is 0.416 e. The Balaban J connectivity index is 1.57. The second kappa shape index (κ2) is 7.27. The minimum atomic E-state index is -4.52. The summed E-state index contributed by atoms with van der Waals surface area (Å²) < 4.78 is 39.1. The van der Waals surface area contributed by atoms with Crippen molar-refractivity contribution in [2.45, 2.75) is 6.18 Å². The molecule has 7 nitrogen and oxygen atoms in total. The fourth-order valence-electron chi connectivity index (χ4n) is 4.11. The molecule has 0 radical (unpaired) electrons. The predicted molar refractivity (Wildman–Crippen MR) is 119 cm³/mol. The number of nitrogens with one attached hydrogen (secondary N) is 2. The topological polar surface area (TPSA) is 94.0 Å². The predicted octanol–water partition coefficient (Wildman–Crippen LogP) is 3.42. The number of H-pyrrole nitrogens is 2. The molecule has 2 aromatic carbocycles. The number of aromatic amines is 2. The van der Waals surface area contributed by atoms with Gasteiger partial charge in [0.2, 0.25) is 0 Å². The molecule has 2 aromatic heterocycles. The van der Waals surface area contributed by atoms with Crippen LogP contribution in [-0.2, 0) is 6.18 Å². The number of alkyl halides is 3. The van der Waals surface area contributed by atoms with Crippen molar-refractivity contribution in [2.24, 2.45) is 0 Å². The number of aromatic nitrogens is 3. The van der Waals surface area contributed by atoms with Crippen LogP contribution in [0.25, 0.3) is 33.3 Å². The third-order valence-corrected chi connectivity index (χ3v) is 5.95. The molecule has 0 spiro atoms. The van der Waals surface area contributed by atoms with Gasteiger partial charge in [-0.05, 0) is 37.4 Å². The maximum atomic E-state index is 13.0. The van der Waals surface area contributed by atoms with Crippen LogP contribution in [0, 0.1) is 0 Å². The standard InChI is InChI=1S/C22H21F3N6O/c1-30-6-8-31(9-7-30)13-3-5-15-17(11-13)28-20(27-15)18-19(26)14-4-2-12(22(23,24)25)10-16(14)29-21(18)32/h2-5,10-11H,6-9H2,1H3,(H,27,28)(H3,26,29,32). The zero-order chi connectivity index (χ0) is 22.6. The number of anilines is 2. The smallest absolute Gasteiger partial charge is 0.397 e. The number of nitrogens with two attached hydrogens (primary N) is 1. The normalized spacial score (nSPS) is 15.7. The Morgan fingerprint density at radius 1 is 1.00 bits per heavy atom. The Morgan fingerprint density at radius 2 is 1.75 bits per heavy atom. The van der Waals surface area contributed by atoms with E-state index >= 15 is 0 Å². The van der Waals surface area contributed by atoms with Gasteiger partial charge in [0.15, 0.2) is 0 Å².